The van der Waals surface area contributed by atoms with E-state index >= 15 is 0 Å². The summed E-state index contributed by atoms with van der Waals surface area (Å²) in [5, 5.41) is 8.50. The maximum atomic E-state index is 12.2. The van der Waals surface area contributed by atoms with Crippen LogP contribution in [0.1, 0.15) is 12.0 Å². The Morgan fingerprint density at radius 1 is 1.12 bits per heavy atom. The van der Waals surface area contributed by atoms with E-state index in [0.717, 1.165) is 21.9 Å². The van der Waals surface area contributed by atoms with Crippen molar-refractivity contribution in [3.8, 4) is 0 Å². The van der Waals surface area contributed by atoms with Gasteiger partial charge in [0.25, 0.3) is 0 Å². The second-order valence-electron chi connectivity index (χ2n) is 6.41. The Kier molecular flexibility index (Phi) is 4.39. The van der Waals surface area contributed by atoms with Crippen LogP contribution in [0, 0.1) is 6.92 Å². The van der Waals surface area contributed by atoms with Gasteiger partial charge in [0.2, 0.25) is 5.91 Å². The van der Waals surface area contributed by atoms with Crippen molar-refractivity contribution in [2.45, 2.75) is 26.4 Å². The van der Waals surface area contributed by atoms with Crippen LogP contribution in [0.3, 0.4) is 0 Å². The number of hydrogen-bond donors (Lipinski definition) is 1. The number of fused-ring (bicyclic) bond motifs is 2. The number of para-hydroxylation sites is 3. The van der Waals surface area contributed by atoms with Crippen molar-refractivity contribution in [3.63, 3.8) is 0 Å². The first-order valence-corrected chi connectivity index (χ1v) is 8.80. The molecule has 2 aromatic carbocycles. The molecule has 0 aliphatic rings. The van der Waals surface area contributed by atoms with Crippen molar-refractivity contribution in [1.82, 2.24) is 24.6 Å². The molecule has 0 saturated carbocycles. The number of aromatic nitrogens is 4. The third kappa shape index (κ3) is 3.18. The third-order valence-corrected chi connectivity index (χ3v) is 4.62. The highest BCUT2D eigenvalue weighted by molar-refractivity contribution is 5.82. The van der Waals surface area contributed by atoms with Crippen LogP contribution in [0.5, 0.6) is 0 Å². The summed E-state index contributed by atoms with van der Waals surface area (Å²) in [6.07, 6.45) is 4.08. The van der Waals surface area contributed by atoms with E-state index in [-0.39, 0.29) is 5.91 Å². The summed E-state index contributed by atoms with van der Waals surface area (Å²) >= 11 is 0. The number of nitrogens with one attached hydrogen (secondary N) is 1. The first-order valence-electron chi connectivity index (χ1n) is 8.80. The molecular weight excluding hydrogens is 326 g/mol. The van der Waals surface area contributed by atoms with Crippen LogP contribution in [-0.4, -0.2) is 31.8 Å². The molecule has 4 rings (SSSR count). The number of rotatable bonds is 6. The monoisotopic (exact) mass is 347 g/mol. The lowest BCUT2D eigenvalue weighted by molar-refractivity contribution is -0.121. The zero-order chi connectivity index (χ0) is 17.9. The van der Waals surface area contributed by atoms with Gasteiger partial charge < -0.3 is 9.88 Å². The minimum atomic E-state index is 0.0339. The molecule has 26 heavy (non-hydrogen) atoms. The number of benzene rings is 2. The van der Waals surface area contributed by atoms with Crippen LogP contribution < -0.4 is 5.32 Å². The minimum Gasteiger partial charge on any atom is -0.354 e. The number of imidazole rings is 1. The number of hydrogen-bond acceptors (Lipinski definition) is 3. The zero-order valence-electron chi connectivity index (χ0n) is 14.7. The average molecular weight is 347 g/mol. The molecule has 132 valence electrons. The summed E-state index contributed by atoms with van der Waals surface area (Å²) in [4.78, 5) is 16.5. The van der Waals surface area contributed by atoms with Crippen molar-refractivity contribution in [3.05, 3.63) is 60.6 Å². The maximum absolute atomic E-state index is 12.2. The Hall–Kier alpha value is -3.15. The van der Waals surface area contributed by atoms with Gasteiger partial charge in [-0.1, -0.05) is 30.3 Å². The first-order chi connectivity index (χ1) is 12.7. The van der Waals surface area contributed by atoms with Gasteiger partial charge >= 0.3 is 0 Å². The maximum Gasteiger partial charge on any atom is 0.221 e. The fraction of sp³-hybridized carbons (Fsp3) is 0.250. The van der Waals surface area contributed by atoms with E-state index in [1.807, 2.05) is 53.6 Å². The standard InChI is InChI=1S/C20H21N5O/c1-15-5-4-6-16-13-23-25(20(15)16)11-9-19(26)21-10-12-24-14-22-17-7-2-3-8-18(17)24/h2-8,13-14H,9-12H2,1H3,(H,21,26). The molecule has 2 heterocycles. The lowest BCUT2D eigenvalue weighted by Gasteiger charge is -2.08. The van der Waals surface area contributed by atoms with E-state index in [1.165, 1.54) is 5.56 Å². The number of carbonyl (C=O) groups excluding carboxylic acids is 1. The number of carbonyl (C=O) groups is 1. The molecule has 2 aromatic heterocycles. The van der Waals surface area contributed by atoms with Crippen molar-refractivity contribution in [2.24, 2.45) is 0 Å². The summed E-state index contributed by atoms with van der Waals surface area (Å²) in [7, 11) is 0. The largest absolute Gasteiger partial charge is 0.354 e. The predicted molar refractivity (Wildman–Crippen MR) is 102 cm³/mol. The van der Waals surface area contributed by atoms with Crippen molar-refractivity contribution in [2.75, 3.05) is 6.54 Å². The van der Waals surface area contributed by atoms with Crippen molar-refractivity contribution >= 4 is 27.8 Å². The van der Waals surface area contributed by atoms with Gasteiger partial charge in [0.1, 0.15) is 0 Å². The van der Waals surface area contributed by atoms with Crippen LogP contribution in [0.4, 0.5) is 0 Å². The first kappa shape index (κ1) is 16.3. The SMILES string of the molecule is Cc1cccc2cnn(CCC(=O)NCCn3cnc4ccccc43)c12. The molecule has 0 aliphatic heterocycles. The van der Waals surface area contributed by atoms with Crippen LogP contribution in [0.25, 0.3) is 21.9 Å². The highest BCUT2D eigenvalue weighted by Crippen LogP contribution is 2.17. The lowest BCUT2D eigenvalue weighted by Crippen LogP contribution is -2.28. The smallest absolute Gasteiger partial charge is 0.221 e. The number of aryl methyl sites for hydroxylation is 2. The fourth-order valence-electron chi connectivity index (χ4n) is 3.30. The second-order valence-corrected chi connectivity index (χ2v) is 6.41. The van der Waals surface area contributed by atoms with Gasteiger partial charge in [-0.15, -0.1) is 0 Å². The van der Waals surface area contributed by atoms with E-state index in [9.17, 15) is 4.79 Å². The third-order valence-electron chi connectivity index (χ3n) is 4.62. The molecule has 0 aliphatic carbocycles. The van der Waals surface area contributed by atoms with Gasteiger partial charge in [0.15, 0.2) is 0 Å². The highest BCUT2D eigenvalue weighted by atomic mass is 16.1. The molecule has 1 amide bonds. The van der Waals surface area contributed by atoms with Gasteiger partial charge in [-0.25, -0.2) is 4.98 Å². The van der Waals surface area contributed by atoms with Gasteiger partial charge in [0.05, 0.1) is 35.6 Å². The Bertz CT molecular complexity index is 1060. The van der Waals surface area contributed by atoms with Gasteiger partial charge in [0, 0.05) is 24.9 Å². The summed E-state index contributed by atoms with van der Waals surface area (Å²) < 4.78 is 3.97. The van der Waals surface area contributed by atoms with Gasteiger partial charge in [-0.05, 0) is 24.6 Å². The van der Waals surface area contributed by atoms with Crippen LogP contribution in [-0.2, 0) is 17.9 Å². The zero-order valence-corrected chi connectivity index (χ0v) is 14.7. The topological polar surface area (TPSA) is 64.7 Å². The summed E-state index contributed by atoms with van der Waals surface area (Å²) in [5.41, 5.74) is 4.33. The van der Waals surface area contributed by atoms with E-state index < -0.39 is 0 Å². The Labute approximate surface area is 151 Å². The van der Waals surface area contributed by atoms with E-state index in [0.29, 0.717) is 26.1 Å². The van der Waals surface area contributed by atoms with Gasteiger partial charge in [-0.2, -0.15) is 5.10 Å². The molecule has 0 saturated heterocycles. The molecule has 0 spiro atoms. The second kappa shape index (κ2) is 7.00. The van der Waals surface area contributed by atoms with E-state index in [2.05, 4.69) is 33.0 Å². The van der Waals surface area contributed by atoms with Crippen molar-refractivity contribution < 1.29 is 4.79 Å². The summed E-state index contributed by atoms with van der Waals surface area (Å²) in [6.45, 7) is 3.93. The number of amides is 1. The molecular formula is C20H21N5O. The van der Waals surface area contributed by atoms with E-state index in [1.54, 1.807) is 0 Å². The normalized spacial score (nSPS) is 11.3. The Morgan fingerprint density at radius 2 is 2.00 bits per heavy atom. The molecule has 0 bridgehead atoms. The van der Waals surface area contributed by atoms with Crippen LogP contribution in [0.2, 0.25) is 0 Å². The molecule has 0 fully saturated rings. The molecule has 6 nitrogen and oxygen atoms in total. The number of nitrogens with zero attached hydrogens (tertiary/aromatic N) is 4. The minimum absolute atomic E-state index is 0.0339. The average Bonchev–Trinajstić information content (AvgIpc) is 3.25. The van der Waals surface area contributed by atoms with Crippen LogP contribution >= 0.6 is 0 Å². The Balaban J connectivity index is 1.31. The lowest BCUT2D eigenvalue weighted by atomic mass is 10.2. The highest BCUT2D eigenvalue weighted by Gasteiger charge is 2.08. The molecule has 0 unspecified atom stereocenters. The molecule has 1 N–H and O–H groups in total. The van der Waals surface area contributed by atoms with Crippen LogP contribution in [0.15, 0.2) is 55.0 Å². The predicted octanol–water partition coefficient (Wildman–Crippen LogP) is 2.90. The molecule has 6 heteroatoms. The molecule has 0 atom stereocenters. The van der Waals surface area contributed by atoms with Crippen molar-refractivity contribution in [1.29, 1.82) is 0 Å². The fourth-order valence-corrected chi connectivity index (χ4v) is 3.30. The molecule has 0 radical (unpaired) electrons. The quantitative estimate of drug-likeness (QED) is 0.583. The summed E-state index contributed by atoms with van der Waals surface area (Å²) in [5.74, 6) is 0.0339. The van der Waals surface area contributed by atoms with E-state index in [4.69, 9.17) is 0 Å². The Morgan fingerprint density at radius 3 is 2.92 bits per heavy atom. The molecule has 4 aromatic rings. The van der Waals surface area contributed by atoms with Gasteiger partial charge in [-0.3, -0.25) is 9.48 Å². The summed E-state index contributed by atoms with van der Waals surface area (Å²) in [6, 6.07) is 14.1.